The Morgan fingerprint density at radius 2 is 1.04 bits per heavy atom. The van der Waals surface area contributed by atoms with Crippen molar-refractivity contribution in [3.63, 3.8) is 0 Å². The molecule has 0 aromatic rings. The molecule has 6 heterocycles. The number of aliphatic hydroxyl groups excluding tert-OH is 13. The number of hydrogen-bond acceptors (Lipinski definition) is 23. The van der Waals surface area contributed by atoms with Gasteiger partial charge in [-0.1, -0.05) is 27.7 Å². The standard InChI is InChI=1S/C51H84O23/c1-20-7-12-51(66-18-20)21(2)32-27(74-51)14-26-24-6-5-22-13-23(8-10-49(22,3)25(24)9-11-50(26,32)4)67-45-40(62)39(61)35(57)31(71-45)19-65-48-44(73-47-42(64)38(60)34(56)29(16-53)69-47)43(36(58)30(17-54)70-48)72-46-41(63)37(59)33(55)28(15-52)68-46/h20-48,52-64H,5-19H2,1-4H3/t20-,21-,22-,23-,24+,25-,26-,27-,28+,29+,30+,31+,32-,33+,34+,35+,36+,37-,38-,39-,40+,41+,42+,43-,44+,45+,46-,47-,48+,49-,50-,51+/m0/s1. The summed E-state index contributed by atoms with van der Waals surface area (Å²) in [5, 5.41) is 139. The monoisotopic (exact) mass is 1060 g/mol. The average molecular weight is 1070 g/mol. The van der Waals surface area contributed by atoms with Gasteiger partial charge < -0.3 is 114 Å². The van der Waals surface area contributed by atoms with Gasteiger partial charge in [-0.15, -0.1) is 0 Å². The van der Waals surface area contributed by atoms with Gasteiger partial charge in [0.2, 0.25) is 0 Å². The minimum Gasteiger partial charge on any atom is -0.394 e. The zero-order valence-corrected chi connectivity index (χ0v) is 42.7. The lowest BCUT2D eigenvalue weighted by Gasteiger charge is -2.61. The lowest BCUT2D eigenvalue weighted by molar-refractivity contribution is -0.395. The van der Waals surface area contributed by atoms with Crippen molar-refractivity contribution in [2.45, 2.75) is 233 Å². The summed E-state index contributed by atoms with van der Waals surface area (Å²) < 4.78 is 61.4. The first-order valence-electron chi connectivity index (χ1n) is 27.3. The predicted molar refractivity (Wildman–Crippen MR) is 248 cm³/mol. The van der Waals surface area contributed by atoms with E-state index in [0.717, 1.165) is 58.0 Å². The number of rotatable bonds is 12. The molecule has 13 N–H and O–H groups in total. The van der Waals surface area contributed by atoms with Crippen molar-refractivity contribution < 1.29 is 114 Å². The molecule has 426 valence electrons. The van der Waals surface area contributed by atoms with Gasteiger partial charge in [0.05, 0.1) is 45.2 Å². The second-order valence-electron chi connectivity index (χ2n) is 24.4. The molecule has 0 amide bonds. The summed E-state index contributed by atoms with van der Waals surface area (Å²) in [6.45, 7) is 7.18. The molecule has 6 aliphatic heterocycles. The summed E-state index contributed by atoms with van der Waals surface area (Å²) >= 11 is 0. The molecule has 23 heteroatoms. The quantitative estimate of drug-likeness (QED) is 0.0872. The van der Waals surface area contributed by atoms with Crippen LogP contribution in [-0.4, -0.2) is 240 Å². The second-order valence-corrected chi connectivity index (χ2v) is 24.4. The van der Waals surface area contributed by atoms with E-state index in [2.05, 4.69) is 27.7 Å². The maximum absolute atomic E-state index is 11.5. The van der Waals surface area contributed by atoms with Crippen LogP contribution in [0.2, 0.25) is 0 Å². The SMILES string of the molecule is C[C@H]1CC[C@@]2(OC1)O[C@H]1C[C@H]3[C@@H]4CC[C@H]5C[C@@H](O[C@@H]6O[C@H](CO[C@@H]7O[C@H](CO)[C@@H](O)[C@H](O[C@@H]8O[C@H](CO)[C@@H](O)[C@H](O)[C@H]8O)[C@H]7O[C@@H]7O[C@H](CO)[C@@H](O)[C@H](O)[C@H]7O)[C@@H](O)[C@H](O)[C@H]6O)CC[C@]5(C)[C@H]4CC[C@]3(C)[C@H]1[C@@H]2C. The van der Waals surface area contributed by atoms with Crippen LogP contribution in [0, 0.1) is 52.3 Å². The minimum absolute atomic E-state index is 0.0782. The van der Waals surface area contributed by atoms with Gasteiger partial charge in [0.25, 0.3) is 0 Å². The molecule has 10 fully saturated rings. The fourth-order valence-corrected chi connectivity index (χ4v) is 16.1. The fourth-order valence-electron chi connectivity index (χ4n) is 16.1. The maximum atomic E-state index is 11.5. The van der Waals surface area contributed by atoms with Gasteiger partial charge in [-0.2, -0.15) is 0 Å². The van der Waals surface area contributed by atoms with Crippen LogP contribution in [0.25, 0.3) is 0 Å². The highest BCUT2D eigenvalue weighted by Gasteiger charge is 2.69. The zero-order valence-electron chi connectivity index (χ0n) is 42.7. The second kappa shape index (κ2) is 21.9. The molecule has 4 saturated carbocycles. The average Bonchev–Trinajstić information content (AvgIpc) is 3.84. The van der Waals surface area contributed by atoms with Crippen molar-refractivity contribution in [1.82, 2.24) is 0 Å². The van der Waals surface area contributed by atoms with E-state index in [4.69, 9.17) is 47.4 Å². The molecule has 1 spiro atoms. The summed E-state index contributed by atoms with van der Waals surface area (Å²) in [4.78, 5) is 0. The Morgan fingerprint density at radius 3 is 1.64 bits per heavy atom. The number of ether oxygens (including phenoxy) is 10. The largest absolute Gasteiger partial charge is 0.394 e. The molecular formula is C51H84O23. The highest BCUT2D eigenvalue weighted by atomic mass is 16.8. The van der Waals surface area contributed by atoms with Gasteiger partial charge in [-0.05, 0) is 104 Å². The van der Waals surface area contributed by atoms with Crippen LogP contribution >= 0.6 is 0 Å². The van der Waals surface area contributed by atoms with E-state index >= 15 is 0 Å². The summed E-state index contributed by atoms with van der Waals surface area (Å²) in [6, 6.07) is 0. The Kier molecular flexibility index (Phi) is 16.6. The van der Waals surface area contributed by atoms with Crippen molar-refractivity contribution in [2.24, 2.45) is 52.3 Å². The van der Waals surface area contributed by atoms with Crippen molar-refractivity contribution in [1.29, 1.82) is 0 Å². The Labute approximate surface area is 430 Å². The first-order valence-corrected chi connectivity index (χ1v) is 27.3. The Balaban J connectivity index is 0.810. The topological polar surface area (TPSA) is 355 Å². The predicted octanol–water partition coefficient (Wildman–Crippen LogP) is -2.91. The van der Waals surface area contributed by atoms with E-state index in [9.17, 15) is 66.4 Å². The molecule has 0 aromatic carbocycles. The first-order chi connectivity index (χ1) is 35.2. The van der Waals surface area contributed by atoms with Crippen LogP contribution in [0.5, 0.6) is 0 Å². The molecule has 10 rings (SSSR count). The molecule has 10 aliphatic rings. The Bertz CT molecular complexity index is 1880. The van der Waals surface area contributed by atoms with Crippen molar-refractivity contribution in [3.8, 4) is 0 Å². The van der Waals surface area contributed by atoms with Gasteiger partial charge >= 0.3 is 0 Å². The van der Waals surface area contributed by atoms with Crippen LogP contribution in [0.4, 0.5) is 0 Å². The molecule has 32 atom stereocenters. The van der Waals surface area contributed by atoms with Gasteiger partial charge in [0, 0.05) is 12.3 Å². The Hall–Kier alpha value is -0.920. The van der Waals surface area contributed by atoms with Crippen molar-refractivity contribution in [2.75, 3.05) is 33.0 Å². The summed E-state index contributed by atoms with van der Waals surface area (Å²) in [6.07, 6.45) is -25.2. The summed E-state index contributed by atoms with van der Waals surface area (Å²) in [5.41, 5.74) is 0.270. The highest BCUT2D eigenvalue weighted by Crippen LogP contribution is 2.71. The summed E-state index contributed by atoms with van der Waals surface area (Å²) in [7, 11) is 0. The molecule has 0 aromatic heterocycles. The van der Waals surface area contributed by atoms with E-state index < -0.39 is 155 Å². The van der Waals surface area contributed by atoms with E-state index in [-0.39, 0.29) is 23.0 Å². The third kappa shape index (κ3) is 9.66. The van der Waals surface area contributed by atoms with Crippen LogP contribution in [-0.2, 0) is 47.4 Å². The molecular weight excluding hydrogens is 981 g/mol. The maximum Gasteiger partial charge on any atom is 0.187 e. The molecule has 0 bridgehead atoms. The zero-order chi connectivity index (χ0) is 52.9. The first kappa shape index (κ1) is 56.4. The van der Waals surface area contributed by atoms with Gasteiger partial charge in [0.15, 0.2) is 30.9 Å². The third-order valence-corrected chi connectivity index (χ3v) is 20.4. The van der Waals surface area contributed by atoms with Gasteiger partial charge in [-0.25, -0.2) is 0 Å². The van der Waals surface area contributed by atoms with Crippen LogP contribution in [0.3, 0.4) is 0 Å². The molecule has 0 unspecified atom stereocenters. The Morgan fingerprint density at radius 1 is 0.500 bits per heavy atom. The van der Waals surface area contributed by atoms with Crippen LogP contribution in [0.15, 0.2) is 0 Å². The number of fused-ring (bicyclic) bond motifs is 7. The van der Waals surface area contributed by atoms with E-state index in [1.54, 1.807) is 0 Å². The lowest BCUT2D eigenvalue weighted by Crippen LogP contribution is -2.67. The van der Waals surface area contributed by atoms with Crippen molar-refractivity contribution >= 4 is 0 Å². The molecule has 74 heavy (non-hydrogen) atoms. The smallest absolute Gasteiger partial charge is 0.187 e. The van der Waals surface area contributed by atoms with Crippen molar-refractivity contribution in [3.05, 3.63) is 0 Å². The van der Waals surface area contributed by atoms with E-state index in [0.29, 0.717) is 54.3 Å². The fraction of sp³-hybridized carbons (Fsp3) is 1.00. The minimum atomic E-state index is -2.00. The normalized spacial score (nSPS) is 57.6. The number of aliphatic hydroxyl groups is 13. The molecule has 0 radical (unpaired) electrons. The van der Waals surface area contributed by atoms with E-state index in [1.165, 1.54) is 0 Å². The number of hydrogen-bond donors (Lipinski definition) is 13. The van der Waals surface area contributed by atoms with Gasteiger partial charge in [-0.3, -0.25) is 0 Å². The molecule has 6 saturated heterocycles. The molecule has 4 aliphatic carbocycles. The third-order valence-electron chi connectivity index (χ3n) is 20.4. The van der Waals surface area contributed by atoms with E-state index in [1.807, 2.05) is 0 Å². The highest BCUT2D eigenvalue weighted by molar-refractivity contribution is 5.15. The van der Waals surface area contributed by atoms with Gasteiger partial charge in [0.1, 0.15) is 97.7 Å². The van der Waals surface area contributed by atoms with Crippen LogP contribution in [0.1, 0.15) is 91.9 Å². The molecule has 23 nitrogen and oxygen atoms in total. The summed E-state index contributed by atoms with van der Waals surface area (Å²) in [5.74, 6) is 2.99. The lowest BCUT2D eigenvalue weighted by atomic mass is 9.44. The van der Waals surface area contributed by atoms with Crippen LogP contribution < -0.4 is 0 Å².